The molecule has 11 heteroatoms. The highest BCUT2D eigenvalue weighted by atomic mass is 16.5. The number of anilines is 1. The van der Waals surface area contributed by atoms with Gasteiger partial charge in [0.05, 0.1) is 40.9 Å². The van der Waals surface area contributed by atoms with Crippen molar-refractivity contribution in [2.45, 2.75) is 0 Å². The van der Waals surface area contributed by atoms with Crippen molar-refractivity contribution >= 4 is 22.4 Å². The van der Waals surface area contributed by atoms with Crippen LogP contribution in [0.1, 0.15) is 10.5 Å². The fourth-order valence-electron chi connectivity index (χ4n) is 4.84. The van der Waals surface area contributed by atoms with Gasteiger partial charge < -0.3 is 34.2 Å². The predicted molar refractivity (Wildman–Crippen MR) is 161 cm³/mol. The van der Waals surface area contributed by atoms with E-state index in [0.717, 1.165) is 0 Å². The number of ether oxygens (including phenoxy) is 6. The lowest BCUT2D eigenvalue weighted by Crippen LogP contribution is -2.27. The zero-order valence-corrected chi connectivity index (χ0v) is 24.2. The molecule has 43 heavy (non-hydrogen) atoms. The second-order valence-corrected chi connectivity index (χ2v) is 9.18. The lowest BCUT2D eigenvalue weighted by molar-refractivity contribution is 0.0591. The summed E-state index contributed by atoms with van der Waals surface area (Å²) in [5.74, 6) is 1.13. The third-order valence-electron chi connectivity index (χ3n) is 6.80. The first kappa shape index (κ1) is 28.8. The molecule has 2 N–H and O–H groups in total. The fraction of sp³-hybridized carbons (Fsp3) is 0.156. The van der Waals surface area contributed by atoms with Gasteiger partial charge in [0, 0.05) is 34.6 Å². The van der Waals surface area contributed by atoms with Crippen molar-refractivity contribution in [2.24, 2.45) is 0 Å². The second kappa shape index (κ2) is 12.0. The molecule has 220 valence electrons. The van der Waals surface area contributed by atoms with E-state index in [1.54, 1.807) is 72.9 Å². The van der Waals surface area contributed by atoms with Gasteiger partial charge in [0.25, 0.3) is 5.56 Å². The maximum Gasteiger partial charge on any atom is 0.355 e. The van der Waals surface area contributed by atoms with E-state index in [9.17, 15) is 9.59 Å². The molecule has 0 fully saturated rings. The molecule has 0 aliphatic carbocycles. The molecule has 5 aromatic rings. The Bertz CT molecular complexity index is 1840. The van der Waals surface area contributed by atoms with Crippen molar-refractivity contribution in [1.82, 2.24) is 9.55 Å². The summed E-state index contributed by atoms with van der Waals surface area (Å²) in [4.78, 5) is 32.2. The molecule has 0 amide bonds. The average Bonchev–Trinajstić information content (AvgIpc) is 3.04. The number of pyridine rings is 2. The van der Waals surface area contributed by atoms with Crippen molar-refractivity contribution < 1.29 is 33.2 Å². The third kappa shape index (κ3) is 5.23. The van der Waals surface area contributed by atoms with Gasteiger partial charge in [-0.2, -0.15) is 0 Å². The van der Waals surface area contributed by atoms with Gasteiger partial charge in [-0.25, -0.2) is 9.78 Å². The Morgan fingerprint density at radius 1 is 0.767 bits per heavy atom. The summed E-state index contributed by atoms with van der Waals surface area (Å²) in [6.45, 7) is 0. The van der Waals surface area contributed by atoms with E-state index in [1.165, 1.54) is 40.1 Å². The van der Waals surface area contributed by atoms with Gasteiger partial charge in [-0.15, -0.1) is 0 Å². The molecule has 0 saturated heterocycles. The summed E-state index contributed by atoms with van der Waals surface area (Å²) in [5, 5.41) is 0.608. The minimum absolute atomic E-state index is 0.0421. The van der Waals surface area contributed by atoms with Gasteiger partial charge in [0.15, 0.2) is 23.0 Å². The Kier molecular flexibility index (Phi) is 8.06. The molecule has 0 bridgehead atoms. The van der Waals surface area contributed by atoms with Crippen molar-refractivity contribution in [1.29, 1.82) is 0 Å². The maximum atomic E-state index is 14.3. The van der Waals surface area contributed by atoms with Crippen molar-refractivity contribution in [3.05, 3.63) is 89.0 Å². The van der Waals surface area contributed by atoms with Crippen LogP contribution in [0, 0.1) is 0 Å². The standard InChI is InChI=1S/C32H29N3O8/c1-38-23-16-21-22(17-24(23)43-27-8-6-7-13-34-27)31(36)35(20-11-9-19(33)10-12-20)29(32(37)42-5)28(21)18-14-25(39-2)30(41-4)26(15-18)40-3/h6-17H,33H2,1-5H3. The molecular formula is C32H29N3O8. The highest BCUT2D eigenvalue weighted by molar-refractivity contribution is 6.08. The van der Waals surface area contributed by atoms with Gasteiger partial charge in [-0.05, 0) is 60.2 Å². The van der Waals surface area contributed by atoms with Crippen LogP contribution >= 0.6 is 0 Å². The number of esters is 1. The number of rotatable bonds is 9. The number of carbonyl (C=O) groups is 1. The Labute approximate surface area is 246 Å². The summed E-state index contributed by atoms with van der Waals surface area (Å²) in [6.07, 6.45) is 1.59. The summed E-state index contributed by atoms with van der Waals surface area (Å²) >= 11 is 0. The Balaban J connectivity index is 1.97. The molecular weight excluding hydrogens is 554 g/mol. The van der Waals surface area contributed by atoms with Crippen LogP contribution in [0.2, 0.25) is 0 Å². The van der Waals surface area contributed by atoms with Crippen LogP contribution in [0.25, 0.3) is 27.6 Å². The highest BCUT2D eigenvalue weighted by Gasteiger charge is 2.28. The van der Waals surface area contributed by atoms with Crippen molar-refractivity contribution in [2.75, 3.05) is 41.3 Å². The summed E-state index contributed by atoms with van der Waals surface area (Å²) in [7, 11) is 7.18. The molecule has 5 rings (SSSR count). The Hall–Kier alpha value is -5.71. The number of fused-ring (bicyclic) bond motifs is 1. The van der Waals surface area contributed by atoms with Crippen LogP contribution in [-0.2, 0) is 4.74 Å². The van der Waals surface area contributed by atoms with Crippen LogP contribution in [0.15, 0.2) is 77.7 Å². The predicted octanol–water partition coefficient (Wildman–Crippen LogP) is 5.25. The third-order valence-corrected chi connectivity index (χ3v) is 6.80. The lowest BCUT2D eigenvalue weighted by Gasteiger charge is -2.21. The quantitative estimate of drug-likeness (QED) is 0.181. The van der Waals surface area contributed by atoms with E-state index < -0.39 is 11.5 Å². The number of aromatic nitrogens is 2. The number of methoxy groups -OCH3 is 5. The molecule has 2 heterocycles. The molecule has 0 unspecified atom stereocenters. The van der Waals surface area contributed by atoms with Crippen LogP contribution in [0.5, 0.6) is 34.6 Å². The average molecular weight is 584 g/mol. The van der Waals surface area contributed by atoms with Crippen LogP contribution in [0.4, 0.5) is 5.69 Å². The van der Waals surface area contributed by atoms with Crippen LogP contribution in [0.3, 0.4) is 0 Å². The summed E-state index contributed by atoms with van der Waals surface area (Å²) in [5.41, 5.74) is 7.08. The van der Waals surface area contributed by atoms with Crippen molar-refractivity contribution in [3.63, 3.8) is 0 Å². The van der Waals surface area contributed by atoms with Crippen LogP contribution < -0.4 is 35.0 Å². The number of hydrogen-bond donors (Lipinski definition) is 1. The van der Waals surface area contributed by atoms with Crippen molar-refractivity contribution in [3.8, 4) is 51.4 Å². The number of nitrogens with zero attached hydrogens (tertiary/aromatic N) is 2. The lowest BCUT2D eigenvalue weighted by atomic mass is 9.95. The van der Waals surface area contributed by atoms with Gasteiger partial charge in [0.2, 0.25) is 11.6 Å². The molecule has 0 aliphatic rings. The number of hydrogen-bond acceptors (Lipinski definition) is 10. The van der Waals surface area contributed by atoms with E-state index in [4.69, 9.17) is 34.2 Å². The molecule has 0 saturated carbocycles. The molecule has 0 spiro atoms. The van der Waals surface area contributed by atoms with Gasteiger partial charge in [-0.3, -0.25) is 9.36 Å². The Morgan fingerprint density at radius 2 is 1.42 bits per heavy atom. The van der Waals surface area contributed by atoms with Gasteiger partial charge >= 0.3 is 5.97 Å². The first-order chi connectivity index (χ1) is 20.8. The first-order valence-electron chi connectivity index (χ1n) is 13.0. The fourth-order valence-corrected chi connectivity index (χ4v) is 4.84. The van der Waals surface area contributed by atoms with E-state index in [0.29, 0.717) is 56.8 Å². The zero-order chi connectivity index (χ0) is 30.7. The zero-order valence-electron chi connectivity index (χ0n) is 24.2. The Morgan fingerprint density at radius 3 is 1.98 bits per heavy atom. The van der Waals surface area contributed by atoms with E-state index in [1.807, 2.05) is 0 Å². The van der Waals surface area contributed by atoms with Gasteiger partial charge in [0.1, 0.15) is 5.69 Å². The molecule has 0 atom stereocenters. The minimum atomic E-state index is -0.757. The topological polar surface area (TPSA) is 133 Å². The normalized spacial score (nSPS) is 10.7. The van der Waals surface area contributed by atoms with Crippen LogP contribution in [-0.4, -0.2) is 51.1 Å². The van der Waals surface area contributed by atoms with E-state index in [-0.39, 0.29) is 16.8 Å². The maximum absolute atomic E-state index is 14.3. The number of carbonyl (C=O) groups excluding carboxylic acids is 1. The summed E-state index contributed by atoms with van der Waals surface area (Å²) in [6, 6.07) is 18.3. The summed E-state index contributed by atoms with van der Waals surface area (Å²) < 4.78 is 34.9. The number of nitrogen functional groups attached to an aromatic ring is 1. The molecule has 0 radical (unpaired) electrons. The first-order valence-corrected chi connectivity index (χ1v) is 13.0. The second-order valence-electron chi connectivity index (χ2n) is 9.18. The number of nitrogens with two attached hydrogens (primary N) is 1. The highest BCUT2D eigenvalue weighted by Crippen LogP contribution is 2.45. The smallest absolute Gasteiger partial charge is 0.355 e. The SMILES string of the molecule is COC(=O)c1c(-c2cc(OC)c(OC)c(OC)c2)c2cc(OC)c(Oc3ccccn3)cc2c(=O)n1-c1ccc(N)cc1. The number of benzene rings is 3. The minimum Gasteiger partial charge on any atom is -0.493 e. The van der Waals surface area contributed by atoms with E-state index in [2.05, 4.69) is 4.98 Å². The molecule has 0 aliphatic heterocycles. The molecule has 11 nitrogen and oxygen atoms in total. The van der Waals surface area contributed by atoms with Gasteiger partial charge in [-0.1, -0.05) is 6.07 Å². The largest absolute Gasteiger partial charge is 0.493 e. The molecule has 3 aromatic carbocycles. The van der Waals surface area contributed by atoms with E-state index >= 15 is 0 Å². The molecule has 2 aromatic heterocycles. The monoisotopic (exact) mass is 583 g/mol.